The van der Waals surface area contributed by atoms with Gasteiger partial charge in [0, 0.05) is 34.9 Å². The van der Waals surface area contributed by atoms with Crippen molar-refractivity contribution in [2.24, 2.45) is 5.92 Å². The number of para-hydroxylation sites is 2. The fraction of sp³-hybridized carbons (Fsp3) is 0.325. The molecule has 1 spiro atoms. The van der Waals surface area contributed by atoms with Gasteiger partial charge < -0.3 is 23.8 Å². The number of amides is 3. The number of halogens is 1. The zero-order valence-corrected chi connectivity index (χ0v) is 29.5. The van der Waals surface area contributed by atoms with Crippen molar-refractivity contribution >= 4 is 43.7 Å². The van der Waals surface area contributed by atoms with Crippen LogP contribution in [0, 0.1) is 5.92 Å². The third kappa shape index (κ3) is 5.75. The van der Waals surface area contributed by atoms with E-state index in [2.05, 4.69) is 0 Å². The van der Waals surface area contributed by atoms with Crippen molar-refractivity contribution in [2.45, 2.75) is 69.2 Å². The molecule has 0 aromatic heterocycles. The Balaban J connectivity index is 1.17. The molecule has 3 aliphatic heterocycles. The molecular formula is C40H42FN3O5Si. The number of rotatable bonds is 9. The summed E-state index contributed by atoms with van der Waals surface area (Å²) >= 11 is 0. The highest BCUT2D eigenvalue weighted by Gasteiger charge is 2.67. The summed E-state index contributed by atoms with van der Waals surface area (Å²) in [5.41, 5.74) is 3.73. The van der Waals surface area contributed by atoms with E-state index in [9.17, 15) is 19.5 Å². The first kappa shape index (κ1) is 33.8. The molecule has 3 amide bonds. The summed E-state index contributed by atoms with van der Waals surface area (Å²) < 4.78 is 23.2. The summed E-state index contributed by atoms with van der Waals surface area (Å²) in [5.74, 6) is -1.02. The summed E-state index contributed by atoms with van der Waals surface area (Å²) in [5, 5.41) is 10.2. The zero-order valence-electron chi connectivity index (χ0n) is 28.5. The number of carbonyl (C=O) groups is 3. The number of hydrogen-bond donors (Lipinski definition) is 1. The minimum Gasteiger partial charge on any atom is -0.394 e. The quantitative estimate of drug-likeness (QED) is 0.121. The van der Waals surface area contributed by atoms with E-state index in [1.54, 1.807) is 27.8 Å². The van der Waals surface area contributed by atoms with Crippen LogP contribution in [-0.2, 0) is 44.2 Å². The van der Waals surface area contributed by atoms with Crippen LogP contribution in [0.2, 0.25) is 18.6 Å². The maximum atomic E-state index is 16.4. The molecule has 7 rings (SSSR count). The average molecular weight is 692 g/mol. The van der Waals surface area contributed by atoms with E-state index in [0.717, 1.165) is 28.8 Å². The smallest absolute Gasteiger partial charge is 0.264 e. The summed E-state index contributed by atoms with van der Waals surface area (Å²) in [4.78, 5) is 45.7. The molecule has 0 saturated carbocycles. The van der Waals surface area contributed by atoms with Gasteiger partial charge in [-0.15, -0.1) is 0 Å². The van der Waals surface area contributed by atoms with Crippen molar-refractivity contribution in [3.63, 3.8) is 0 Å². The molecule has 3 heterocycles. The Kier molecular flexibility index (Phi) is 8.96. The molecule has 1 fully saturated rings. The van der Waals surface area contributed by atoms with Gasteiger partial charge in [0.15, 0.2) is 5.60 Å². The number of ether oxygens (including phenoxy) is 1. The number of carbonyl (C=O) groups excluding carboxylic acids is 3. The minimum absolute atomic E-state index is 0.0820. The number of hydrogen-bond acceptors (Lipinski definition) is 5. The topological polar surface area (TPSA) is 90.4 Å². The van der Waals surface area contributed by atoms with Gasteiger partial charge in [0.25, 0.3) is 5.91 Å². The highest BCUT2D eigenvalue weighted by molar-refractivity contribution is 6.72. The summed E-state index contributed by atoms with van der Waals surface area (Å²) in [6, 6.07) is 31.9. The number of anilines is 3. The van der Waals surface area contributed by atoms with Crippen LogP contribution >= 0.6 is 0 Å². The molecule has 50 heavy (non-hydrogen) atoms. The monoisotopic (exact) mass is 691 g/mol. The van der Waals surface area contributed by atoms with Crippen molar-refractivity contribution < 1.29 is 28.3 Å². The Bertz CT molecular complexity index is 1900. The molecule has 0 aliphatic carbocycles. The minimum atomic E-state index is -3.49. The van der Waals surface area contributed by atoms with Crippen molar-refractivity contribution in [3.05, 3.63) is 125 Å². The van der Waals surface area contributed by atoms with Crippen molar-refractivity contribution in [1.29, 1.82) is 0 Å². The van der Waals surface area contributed by atoms with Crippen molar-refractivity contribution in [1.82, 2.24) is 4.90 Å². The Labute approximate surface area is 293 Å². The van der Waals surface area contributed by atoms with Crippen LogP contribution < -0.4 is 9.80 Å². The average Bonchev–Trinajstić information content (AvgIpc) is 3.55. The number of benzene rings is 4. The summed E-state index contributed by atoms with van der Waals surface area (Å²) in [7, 11) is -3.49. The number of fused-ring (bicyclic) bond motifs is 3. The molecule has 10 heteroatoms. The fourth-order valence-electron chi connectivity index (χ4n) is 8.49. The molecule has 0 bridgehead atoms. The molecule has 3 aliphatic rings. The lowest BCUT2D eigenvalue weighted by Crippen LogP contribution is -2.48. The second kappa shape index (κ2) is 13.2. The Hall–Kier alpha value is -4.64. The van der Waals surface area contributed by atoms with E-state index in [-0.39, 0.29) is 37.4 Å². The predicted octanol–water partition coefficient (Wildman–Crippen LogP) is 6.64. The van der Waals surface area contributed by atoms with Gasteiger partial charge in [0.1, 0.15) is 0 Å². The van der Waals surface area contributed by atoms with Gasteiger partial charge in [-0.3, -0.25) is 19.3 Å². The van der Waals surface area contributed by atoms with E-state index in [1.807, 2.05) is 110 Å². The van der Waals surface area contributed by atoms with Crippen molar-refractivity contribution in [2.75, 3.05) is 16.4 Å². The molecule has 4 aromatic carbocycles. The van der Waals surface area contributed by atoms with Gasteiger partial charge in [-0.25, -0.2) is 0 Å². The van der Waals surface area contributed by atoms with E-state index >= 15 is 4.11 Å². The van der Waals surface area contributed by atoms with E-state index in [0.29, 0.717) is 29.9 Å². The molecule has 1 saturated heterocycles. The predicted molar refractivity (Wildman–Crippen MR) is 193 cm³/mol. The Morgan fingerprint density at radius 2 is 1.60 bits per heavy atom. The van der Waals surface area contributed by atoms with Crippen molar-refractivity contribution in [3.8, 4) is 0 Å². The first-order valence-electron chi connectivity index (χ1n) is 17.2. The third-order valence-electron chi connectivity index (χ3n) is 10.8. The lowest BCUT2D eigenvalue weighted by Gasteiger charge is -2.37. The van der Waals surface area contributed by atoms with E-state index in [4.69, 9.17) is 4.74 Å². The summed E-state index contributed by atoms with van der Waals surface area (Å²) in [6.07, 6.45) is 0.415. The Morgan fingerprint density at radius 3 is 2.28 bits per heavy atom. The Morgan fingerprint density at radius 1 is 0.960 bits per heavy atom. The second-order valence-electron chi connectivity index (χ2n) is 14.2. The molecule has 0 radical (unpaired) electrons. The van der Waals surface area contributed by atoms with Gasteiger partial charge in [0.2, 0.25) is 20.7 Å². The third-order valence-corrected chi connectivity index (χ3v) is 13.3. The maximum Gasteiger partial charge on any atom is 0.264 e. The molecule has 5 atom stereocenters. The van der Waals surface area contributed by atoms with Crippen LogP contribution in [0.25, 0.3) is 0 Å². The lowest BCUT2D eigenvalue weighted by atomic mass is 9.82. The maximum absolute atomic E-state index is 16.4. The lowest BCUT2D eigenvalue weighted by molar-refractivity contribution is -0.151. The first-order valence-corrected chi connectivity index (χ1v) is 20.2. The van der Waals surface area contributed by atoms with Gasteiger partial charge >= 0.3 is 0 Å². The fourth-order valence-corrected chi connectivity index (χ4v) is 11.0. The van der Waals surface area contributed by atoms with Crippen LogP contribution in [0.5, 0.6) is 0 Å². The highest BCUT2D eigenvalue weighted by Crippen LogP contribution is 2.60. The summed E-state index contributed by atoms with van der Waals surface area (Å²) in [6.45, 7) is 5.58. The second-order valence-corrected chi connectivity index (χ2v) is 18.0. The van der Waals surface area contributed by atoms with Crippen LogP contribution in [0.1, 0.15) is 35.6 Å². The molecule has 1 N–H and O–H groups in total. The van der Waals surface area contributed by atoms with E-state index < -0.39 is 31.6 Å². The van der Waals surface area contributed by atoms with Gasteiger partial charge in [-0.2, -0.15) is 0 Å². The van der Waals surface area contributed by atoms with Crippen LogP contribution in [0.4, 0.5) is 21.2 Å². The van der Waals surface area contributed by atoms with Crippen LogP contribution in [0.15, 0.2) is 103 Å². The number of nitrogens with zero attached hydrogens (tertiary/aromatic N) is 3. The molecule has 0 unspecified atom stereocenters. The van der Waals surface area contributed by atoms with Gasteiger partial charge in [0.05, 0.1) is 37.4 Å². The largest absolute Gasteiger partial charge is 0.394 e. The van der Waals surface area contributed by atoms with E-state index in [1.165, 1.54) is 0 Å². The zero-order chi connectivity index (χ0) is 35.2. The normalized spacial score (nSPS) is 24.3. The first-order chi connectivity index (χ1) is 24.1. The SMILES string of the molecule is C[C@@H]1[C@@H]([Si](C)(C)F)[C@H](CC(=O)N2Cc3ccccc3C[C@H]2CO)O[C@@]12C(=O)N(Cc1ccc(N(C=O)c3ccccc3)cc1)c1ccccc12. The molecule has 258 valence electrons. The highest BCUT2D eigenvalue weighted by atomic mass is 28.4. The van der Waals surface area contributed by atoms with Gasteiger partial charge in [-0.1, -0.05) is 79.7 Å². The molecule has 8 nitrogen and oxygen atoms in total. The molecule has 4 aromatic rings. The standard InChI is InChI=1S/C40H42FN3O5Si/c1-27-38(50(2,3)41)36(22-37(47)42-24-30-12-8-7-11-29(30)21-33(42)25-45)49-40(27)34-15-9-10-16-35(34)43(39(40)48)23-28-17-19-32(20-18-28)44(26-46)31-13-5-4-6-14-31/h4-20,26-27,33,36,38,45H,21-25H2,1-3H3/t27-,33+,36+,38-,40+/m1/s1. The molecular weight excluding hydrogens is 650 g/mol. The number of aliphatic hydroxyl groups excluding tert-OH is 1. The number of aliphatic hydroxyl groups is 1. The van der Waals surface area contributed by atoms with Gasteiger partial charge in [-0.05, 0) is 66.5 Å². The van der Waals surface area contributed by atoms with Crippen LogP contribution in [-0.4, -0.2) is 55.4 Å². The van der Waals surface area contributed by atoms with Crippen LogP contribution in [0.3, 0.4) is 0 Å².